The van der Waals surface area contributed by atoms with Crippen molar-refractivity contribution in [1.29, 1.82) is 0 Å². The number of ether oxygens (including phenoxy) is 1. The summed E-state index contributed by atoms with van der Waals surface area (Å²) in [5.41, 5.74) is 3.26. The highest BCUT2D eigenvalue weighted by Crippen LogP contribution is 2.31. The van der Waals surface area contributed by atoms with E-state index in [9.17, 15) is 9.59 Å². The zero-order valence-corrected chi connectivity index (χ0v) is 18.0. The molecule has 0 bridgehead atoms. The lowest BCUT2D eigenvalue weighted by atomic mass is 10.0. The first kappa shape index (κ1) is 21.6. The molecule has 2 amide bonds. The van der Waals surface area contributed by atoms with E-state index in [2.05, 4.69) is 5.32 Å². The molecule has 2 aromatic carbocycles. The van der Waals surface area contributed by atoms with Crippen LogP contribution in [0, 0.1) is 0 Å². The predicted octanol–water partition coefficient (Wildman–Crippen LogP) is 3.76. The Bertz CT molecular complexity index is 918. The first-order valence-electron chi connectivity index (χ1n) is 10.2. The topological polar surface area (TPSA) is 61.9 Å². The van der Waals surface area contributed by atoms with Crippen molar-refractivity contribution in [1.82, 2.24) is 4.90 Å². The minimum absolute atomic E-state index is 0.121. The van der Waals surface area contributed by atoms with Crippen molar-refractivity contribution in [3.05, 3.63) is 65.9 Å². The average Bonchev–Trinajstić information content (AvgIpc) is 2.96. The van der Waals surface area contributed by atoms with Gasteiger partial charge in [-0.15, -0.1) is 0 Å². The maximum atomic E-state index is 13.1. The van der Waals surface area contributed by atoms with Crippen molar-refractivity contribution in [3.8, 4) is 0 Å². The molecular weight excluding hydrogens is 378 g/mol. The fourth-order valence-corrected chi connectivity index (χ4v) is 3.30. The monoisotopic (exact) mass is 407 g/mol. The van der Waals surface area contributed by atoms with Crippen LogP contribution in [0.1, 0.15) is 25.8 Å². The molecule has 0 spiro atoms. The van der Waals surface area contributed by atoms with Crippen molar-refractivity contribution in [2.24, 2.45) is 0 Å². The first-order valence-corrected chi connectivity index (χ1v) is 10.2. The van der Waals surface area contributed by atoms with Gasteiger partial charge in [-0.1, -0.05) is 30.3 Å². The molecule has 0 saturated heterocycles. The van der Waals surface area contributed by atoms with Gasteiger partial charge >= 0.3 is 0 Å². The van der Waals surface area contributed by atoms with Gasteiger partial charge in [0.05, 0.1) is 11.7 Å². The third-order valence-corrected chi connectivity index (χ3v) is 4.86. The molecule has 0 aromatic heterocycles. The SMILES string of the molecule is CC(C)OCCCN1C(=O)C(Nc2ccc(N(C)C)cc2)=C(c2ccccc2)C1=O. The number of rotatable bonds is 9. The van der Waals surface area contributed by atoms with Gasteiger partial charge in [-0.3, -0.25) is 14.5 Å². The van der Waals surface area contributed by atoms with Gasteiger partial charge in [0.25, 0.3) is 11.8 Å². The number of benzene rings is 2. The minimum atomic E-state index is -0.305. The van der Waals surface area contributed by atoms with Crippen LogP contribution in [0.5, 0.6) is 0 Å². The third kappa shape index (κ3) is 4.89. The number of amides is 2. The number of hydrogen-bond donors (Lipinski definition) is 1. The molecule has 2 aromatic rings. The van der Waals surface area contributed by atoms with E-state index < -0.39 is 0 Å². The molecule has 0 aliphatic carbocycles. The molecule has 0 unspecified atom stereocenters. The number of nitrogens with one attached hydrogen (secondary N) is 1. The molecule has 1 N–H and O–H groups in total. The molecule has 158 valence electrons. The first-order chi connectivity index (χ1) is 14.4. The number of anilines is 2. The lowest BCUT2D eigenvalue weighted by Gasteiger charge is -2.16. The van der Waals surface area contributed by atoms with Crippen LogP contribution >= 0.6 is 0 Å². The normalized spacial score (nSPS) is 14.1. The summed E-state index contributed by atoms with van der Waals surface area (Å²) in [6.07, 6.45) is 0.720. The van der Waals surface area contributed by atoms with Gasteiger partial charge in [-0.05, 0) is 50.1 Å². The molecule has 6 nitrogen and oxygen atoms in total. The maximum Gasteiger partial charge on any atom is 0.278 e. The fraction of sp³-hybridized carbons (Fsp3) is 0.333. The standard InChI is InChI=1S/C24H29N3O3/c1-17(2)30-16-8-15-27-23(28)21(18-9-6-5-7-10-18)22(24(27)29)25-19-11-13-20(14-12-19)26(3)4/h5-7,9-14,17,25H,8,15-16H2,1-4H3. The van der Waals surface area contributed by atoms with E-state index in [0.717, 1.165) is 16.9 Å². The summed E-state index contributed by atoms with van der Waals surface area (Å²) in [4.78, 5) is 29.6. The quantitative estimate of drug-likeness (QED) is 0.507. The molecular formula is C24H29N3O3. The Morgan fingerprint density at radius 1 is 0.967 bits per heavy atom. The van der Waals surface area contributed by atoms with E-state index in [-0.39, 0.29) is 17.9 Å². The van der Waals surface area contributed by atoms with Gasteiger partial charge in [0, 0.05) is 38.6 Å². The van der Waals surface area contributed by atoms with Gasteiger partial charge in [0.1, 0.15) is 5.70 Å². The van der Waals surface area contributed by atoms with E-state index in [1.807, 2.05) is 87.4 Å². The van der Waals surface area contributed by atoms with Crippen LogP contribution in [0.15, 0.2) is 60.3 Å². The highest BCUT2D eigenvalue weighted by atomic mass is 16.5. The van der Waals surface area contributed by atoms with Gasteiger partial charge in [0.2, 0.25) is 0 Å². The van der Waals surface area contributed by atoms with E-state index in [0.29, 0.717) is 30.8 Å². The summed E-state index contributed by atoms with van der Waals surface area (Å²) in [7, 11) is 3.94. The number of carbonyl (C=O) groups excluding carboxylic acids is 2. The Morgan fingerprint density at radius 2 is 1.63 bits per heavy atom. The van der Waals surface area contributed by atoms with Crippen LogP contribution < -0.4 is 10.2 Å². The number of carbonyl (C=O) groups is 2. The Morgan fingerprint density at radius 3 is 2.23 bits per heavy atom. The van der Waals surface area contributed by atoms with E-state index >= 15 is 0 Å². The zero-order chi connectivity index (χ0) is 21.7. The fourth-order valence-electron chi connectivity index (χ4n) is 3.30. The molecule has 1 aliphatic heterocycles. The Hall–Kier alpha value is -3.12. The summed E-state index contributed by atoms with van der Waals surface area (Å²) in [6, 6.07) is 17.1. The summed E-state index contributed by atoms with van der Waals surface area (Å²) in [5.74, 6) is -0.580. The second-order valence-electron chi connectivity index (χ2n) is 7.72. The molecule has 3 rings (SSSR count). The Kier molecular flexibility index (Phi) is 6.90. The number of hydrogen-bond acceptors (Lipinski definition) is 5. The second-order valence-corrected chi connectivity index (χ2v) is 7.72. The maximum absolute atomic E-state index is 13.1. The van der Waals surface area contributed by atoms with Crippen LogP contribution in [0.4, 0.5) is 11.4 Å². The zero-order valence-electron chi connectivity index (χ0n) is 18.0. The van der Waals surface area contributed by atoms with E-state index in [1.54, 1.807) is 0 Å². The van der Waals surface area contributed by atoms with E-state index in [1.165, 1.54) is 4.90 Å². The number of nitrogens with zero attached hydrogens (tertiary/aromatic N) is 2. The van der Waals surface area contributed by atoms with Crippen molar-refractivity contribution in [2.75, 3.05) is 37.5 Å². The number of imide groups is 1. The van der Waals surface area contributed by atoms with E-state index in [4.69, 9.17) is 4.74 Å². The summed E-state index contributed by atoms with van der Waals surface area (Å²) < 4.78 is 5.55. The molecule has 0 fully saturated rings. The van der Waals surface area contributed by atoms with Crippen LogP contribution in [0.3, 0.4) is 0 Å². The summed E-state index contributed by atoms with van der Waals surface area (Å²) >= 11 is 0. The van der Waals surface area contributed by atoms with Gasteiger partial charge in [0.15, 0.2) is 0 Å². The highest BCUT2D eigenvalue weighted by Gasteiger charge is 2.38. The lowest BCUT2D eigenvalue weighted by molar-refractivity contribution is -0.137. The molecule has 1 heterocycles. The summed E-state index contributed by atoms with van der Waals surface area (Å²) in [6.45, 7) is 4.76. The lowest BCUT2D eigenvalue weighted by Crippen LogP contribution is -2.34. The molecule has 30 heavy (non-hydrogen) atoms. The molecule has 0 atom stereocenters. The molecule has 6 heteroatoms. The van der Waals surface area contributed by atoms with Gasteiger partial charge in [-0.25, -0.2) is 0 Å². The van der Waals surface area contributed by atoms with Crippen LogP contribution in [0.25, 0.3) is 5.57 Å². The van der Waals surface area contributed by atoms with Gasteiger partial charge < -0.3 is 15.0 Å². The van der Waals surface area contributed by atoms with Crippen molar-refractivity contribution >= 4 is 28.8 Å². The molecule has 0 radical (unpaired) electrons. The second kappa shape index (κ2) is 9.59. The highest BCUT2D eigenvalue weighted by molar-refractivity contribution is 6.36. The van der Waals surface area contributed by atoms with Gasteiger partial charge in [-0.2, -0.15) is 0 Å². The molecule has 1 aliphatic rings. The largest absolute Gasteiger partial charge is 0.379 e. The van der Waals surface area contributed by atoms with Crippen molar-refractivity contribution in [3.63, 3.8) is 0 Å². The van der Waals surface area contributed by atoms with Crippen LogP contribution in [0.2, 0.25) is 0 Å². The third-order valence-electron chi connectivity index (χ3n) is 4.86. The molecule has 0 saturated carbocycles. The van der Waals surface area contributed by atoms with Crippen molar-refractivity contribution < 1.29 is 14.3 Å². The van der Waals surface area contributed by atoms with Crippen LogP contribution in [-0.4, -0.2) is 50.1 Å². The van der Waals surface area contributed by atoms with Crippen LogP contribution in [-0.2, 0) is 14.3 Å². The van der Waals surface area contributed by atoms with Crippen molar-refractivity contribution in [2.45, 2.75) is 26.4 Å². The Labute approximate surface area is 178 Å². The predicted molar refractivity (Wildman–Crippen MR) is 120 cm³/mol. The smallest absolute Gasteiger partial charge is 0.278 e. The Balaban J connectivity index is 1.86. The average molecular weight is 408 g/mol. The minimum Gasteiger partial charge on any atom is -0.379 e. The summed E-state index contributed by atoms with van der Waals surface area (Å²) in [5, 5.41) is 3.19.